The zero-order valence-electron chi connectivity index (χ0n) is 7.47. The Bertz CT molecular complexity index is 435. The van der Waals surface area contributed by atoms with Crippen molar-refractivity contribution in [3.63, 3.8) is 0 Å². The fourth-order valence-corrected chi connectivity index (χ4v) is 1.68. The molecule has 0 spiro atoms. The van der Waals surface area contributed by atoms with E-state index in [1.54, 1.807) is 0 Å². The van der Waals surface area contributed by atoms with Crippen molar-refractivity contribution < 1.29 is 18.3 Å². The molecule has 0 aliphatic heterocycles. The van der Waals surface area contributed by atoms with Gasteiger partial charge in [-0.1, -0.05) is 6.92 Å². The Morgan fingerprint density at radius 1 is 1.50 bits per heavy atom. The van der Waals surface area contributed by atoms with Crippen LogP contribution in [0.15, 0.2) is 23.2 Å². The molecule has 1 rings (SSSR count). The van der Waals surface area contributed by atoms with Gasteiger partial charge in [-0.15, -0.1) is 0 Å². The van der Waals surface area contributed by atoms with Crippen molar-refractivity contribution in [2.75, 3.05) is 5.75 Å². The predicted molar refractivity (Wildman–Crippen MR) is 48.9 cm³/mol. The molecule has 0 fully saturated rings. The topological polar surface area (TPSA) is 84.3 Å². The number of rotatable bonds is 3. The molecule has 0 aromatic carbocycles. The number of aromatic nitrogens is 1. The number of hydrogen-bond donors (Lipinski definition) is 1. The molecule has 1 N–H and O–H groups in total. The highest BCUT2D eigenvalue weighted by Crippen LogP contribution is 2.09. The van der Waals surface area contributed by atoms with Crippen molar-refractivity contribution in [2.24, 2.45) is 0 Å². The zero-order chi connectivity index (χ0) is 10.8. The first kappa shape index (κ1) is 10.6. The van der Waals surface area contributed by atoms with Crippen LogP contribution in [0.2, 0.25) is 0 Å². The molecular formula is C8H9NO4S. The molecule has 0 aliphatic rings. The highest BCUT2D eigenvalue weighted by molar-refractivity contribution is 7.91. The lowest BCUT2D eigenvalue weighted by Crippen LogP contribution is -2.06. The second kappa shape index (κ2) is 3.75. The van der Waals surface area contributed by atoms with E-state index in [1.807, 2.05) is 0 Å². The molecule has 0 atom stereocenters. The number of sulfone groups is 1. The van der Waals surface area contributed by atoms with E-state index in [2.05, 4.69) is 4.98 Å². The van der Waals surface area contributed by atoms with Crippen LogP contribution in [0.3, 0.4) is 0 Å². The molecule has 0 saturated heterocycles. The van der Waals surface area contributed by atoms with Crippen LogP contribution in [-0.4, -0.2) is 30.2 Å². The molecule has 1 aromatic heterocycles. The van der Waals surface area contributed by atoms with Gasteiger partial charge in [0.15, 0.2) is 9.84 Å². The molecule has 0 amide bonds. The highest BCUT2D eigenvalue weighted by atomic mass is 32.2. The number of carbonyl (C=O) groups is 1. The minimum absolute atomic E-state index is 0.0267. The quantitative estimate of drug-likeness (QED) is 0.796. The summed E-state index contributed by atoms with van der Waals surface area (Å²) in [5.41, 5.74) is -0.167. The summed E-state index contributed by atoms with van der Waals surface area (Å²) in [5.74, 6) is -1.20. The van der Waals surface area contributed by atoms with E-state index >= 15 is 0 Å². The van der Waals surface area contributed by atoms with Crippen LogP contribution in [0.4, 0.5) is 0 Å². The molecule has 0 saturated carbocycles. The molecule has 0 bridgehead atoms. The van der Waals surface area contributed by atoms with Crippen LogP contribution in [-0.2, 0) is 9.84 Å². The van der Waals surface area contributed by atoms with Gasteiger partial charge in [0, 0.05) is 6.20 Å². The standard InChI is InChI=1S/C8H9NO4S/c1-2-14(12,13)6-3-4-7(8(10)11)9-5-6/h3-5H,2H2,1H3,(H,10,11). The molecule has 0 unspecified atom stereocenters. The Labute approximate surface area is 81.3 Å². The fourth-order valence-electron chi connectivity index (χ4n) is 0.857. The number of pyridine rings is 1. The lowest BCUT2D eigenvalue weighted by molar-refractivity contribution is 0.0690. The molecule has 0 aliphatic carbocycles. The van der Waals surface area contributed by atoms with Crippen LogP contribution < -0.4 is 0 Å². The maximum Gasteiger partial charge on any atom is 0.354 e. The van der Waals surface area contributed by atoms with Crippen LogP contribution in [0.5, 0.6) is 0 Å². The molecule has 1 aromatic rings. The van der Waals surface area contributed by atoms with Gasteiger partial charge in [-0.25, -0.2) is 18.2 Å². The first-order valence-electron chi connectivity index (χ1n) is 3.89. The van der Waals surface area contributed by atoms with Gasteiger partial charge < -0.3 is 5.11 Å². The van der Waals surface area contributed by atoms with Gasteiger partial charge in [0.05, 0.1) is 10.6 Å². The molecule has 5 nitrogen and oxygen atoms in total. The predicted octanol–water partition coefficient (Wildman–Crippen LogP) is 0.573. The minimum atomic E-state index is -3.30. The fraction of sp³-hybridized carbons (Fsp3) is 0.250. The van der Waals surface area contributed by atoms with Crippen molar-refractivity contribution >= 4 is 15.8 Å². The molecule has 0 radical (unpaired) electrons. The third kappa shape index (κ3) is 2.08. The monoisotopic (exact) mass is 215 g/mol. The number of carboxylic acid groups (broad SMARTS) is 1. The zero-order valence-corrected chi connectivity index (χ0v) is 8.28. The first-order valence-corrected chi connectivity index (χ1v) is 5.54. The second-order valence-electron chi connectivity index (χ2n) is 2.59. The van der Waals surface area contributed by atoms with Crippen molar-refractivity contribution in [3.05, 3.63) is 24.0 Å². The Kier molecular flexibility index (Phi) is 2.85. The van der Waals surface area contributed by atoms with Gasteiger partial charge in [-0.05, 0) is 12.1 Å². The van der Waals surface area contributed by atoms with E-state index in [0.717, 1.165) is 6.20 Å². The third-order valence-electron chi connectivity index (χ3n) is 1.69. The van der Waals surface area contributed by atoms with Gasteiger partial charge >= 0.3 is 5.97 Å². The summed E-state index contributed by atoms with van der Waals surface area (Å²) in [7, 11) is -3.30. The number of hydrogen-bond acceptors (Lipinski definition) is 4. The number of nitrogens with zero attached hydrogens (tertiary/aromatic N) is 1. The van der Waals surface area contributed by atoms with E-state index in [0.29, 0.717) is 0 Å². The van der Waals surface area contributed by atoms with Crippen molar-refractivity contribution in [3.8, 4) is 0 Å². The average molecular weight is 215 g/mol. The Morgan fingerprint density at radius 3 is 2.50 bits per heavy atom. The van der Waals surface area contributed by atoms with E-state index in [4.69, 9.17) is 5.11 Å². The molecule has 76 valence electrons. The van der Waals surface area contributed by atoms with Crippen LogP contribution in [0.1, 0.15) is 17.4 Å². The molecule has 6 heteroatoms. The number of carboxylic acids is 1. The lowest BCUT2D eigenvalue weighted by Gasteiger charge is -2.00. The van der Waals surface area contributed by atoms with Crippen molar-refractivity contribution in [2.45, 2.75) is 11.8 Å². The summed E-state index contributed by atoms with van der Waals surface area (Å²) < 4.78 is 22.6. The van der Waals surface area contributed by atoms with Gasteiger partial charge in [-0.3, -0.25) is 0 Å². The first-order chi connectivity index (χ1) is 6.47. The van der Waals surface area contributed by atoms with Crippen molar-refractivity contribution in [1.82, 2.24) is 4.98 Å². The second-order valence-corrected chi connectivity index (χ2v) is 4.87. The number of aromatic carboxylic acids is 1. The molecular weight excluding hydrogens is 206 g/mol. The van der Waals surface area contributed by atoms with E-state index in [9.17, 15) is 13.2 Å². The van der Waals surface area contributed by atoms with E-state index in [1.165, 1.54) is 19.1 Å². The Morgan fingerprint density at radius 2 is 2.14 bits per heavy atom. The molecule has 1 heterocycles. The van der Waals surface area contributed by atoms with Gasteiger partial charge in [-0.2, -0.15) is 0 Å². The summed E-state index contributed by atoms with van der Waals surface area (Å²) >= 11 is 0. The Balaban J connectivity index is 3.12. The summed E-state index contributed by atoms with van der Waals surface area (Å²) in [5, 5.41) is 8.52. The highest BCUT2D eigenvalue weighted by Gasteiger charge is 2.12. The smallest absolute Gasteiger partial charge is 0.354 e. The molecule has 14 heavy (non-hydrogen) atoms. The van der Waals surface area contributed by atoms with Crippen LogP contribution in [0, 0.1) is 0 Å². The third-order valence-corrected chi connectivity index (χ3v) is 3.41. The minimum Gasteiger partial charge on any atom is -0.477 e. The SMILES string of the molecule is CCS(=O)(=O)c1ccc(C(=O)O)nc1. The van der Waals surface area contributed by atoms with Gasteiger partial charge in [0.1, 0.15) is 5.69 Å². The largest absolute Gasteiger partial charge is 0.477 e. The summed E-state index contributed by atoms with van der Waals surface area (Å²) in [6, 6.07) is 2.42. The maximum absolute atomic E-state index is 11.3. The summed E-state index contributed by atoms with van der Waals surface area (Å²) in [6.07, 6.45) is 1.06. The summed E-state index contributed by atoms with van der Waals surface area (Å²) in [6.45, 7) is 1.51. The van der Waals surface area contributed by atoms with E-state index < -0.39 is 15.8 Å². The lowest BCUT2D eigenvalue weighted by atomic mass is 10.4. The van der Waals surface area contributed by atoms with Crippen LogP contribution >= 0.6 is 0 Å². The summed E-state index contributed by atoms with van der Waals surface area (Å²) in [4.78, 5) is 14.0. The van der Waals surface area contributed by atoms with Gasteiger partial charge in [0.2, 0.25) is 0 Å². The Hall–Kier alpha value is -1.43. The van der Waals surface area contributed by atoms with Crippen molar-refractivity contribution in [1.29, 1.82) is 0 Å². The average Bonchev–Trinajstić information content (AvgIpc) is 2.18. The van der Waals surface area contributed by atoms with Crippen LogP contribution in [0.25, 0.3) is 0 Å². The van der Waals surface area contributed by atoms with E-state index in [-0.39, 0.29) is 16.3 Å². The normalized spacial score (nSPS) is 11.2. The maximum atomic E-state index is 11.3. The van der Waals surface area contributed by atoms with Gasteiger partial charge in [0.25, 0.3) is 0 Å².